The molecule has 2 aromatic rings. The van der Waals surface area contributed by atoms with Crippen LogP contribution in [0.5, 0.6) is 0 Å². The minimum Gasteiger partial charge on any atom is -0.384 e. The van der Waals surface area contributed by atoms with Crippen LogP contribution in [0.1, 0.15) is 0 Å². The van der Waals surface area contributed by atoms with Gasteiger partial charge in [-0.25, -0.2) is 9.36 Å². The zero-order valence-corrected chi connectivity index (χ0v) is 6.96. The highest BCUT2D eigenvalue weighted by Gasteiger charge is 1.99. The van der Waals surface area contributed by atoms with Crippen LogP contribution < -0.4 is 11.5 Å². The van der Waals surface area contributed by atoms with E-state index in [4.69, 9.17) is 11.5 Å². The molecule has 0 bridgehead atoms. The summed E-state index contributed by atoms with van der Waals surface area (Å²) < 4.78 is 3.30. The first-order valence-electron chi connectivity index (χ1n) is 3.82. The molecule has 68 valence electrons. The smallest absolute Gasteiger partial charge is 0.145 e. The average molecular weight is 178 g/mol. The Morgan fingerprint density at radius 1 is 1.31 bits per heavy atom. The molecule has 2 rings (SSSR count). The molecule has 0 amide bonds. The summed E-state index contributed by atoms with van der Waals surface area (Å²) in [6.45, 7) is 0.482. The summed E-state index contributed by atoms with van der Waals surface area (Å²) in [6, 6.07) is 3.45. The third-order valence-electron chi connectivity index (χ3n) is 1.69. The molecule has 0 spiro atoms. The Labute approximate surface area is 74.7 Å². The lowest BCUT2D eigenvalue weighted by Crippen LogP contribution is -2.12. The molecule has 0 aliphatic rings. The van der Waals surface area contributed by atoms with Gasteiger partial charge in [-0.1, -0.05) is 0 Å². The van der Waals surface area contributed by atoms with E-state index in [0.717, 1.165) is 0 Å². The highest BCUT2D eigenvalue weighted by molar-refractivity contribution is 5.26. The molecular weight excluding hydrogens is 168 g/mol. The summed E-state index contributed by atoms with van der Waals surface area (Å²) in [7, 11) is 0. The van der Waals surface area contributed by atoms with E-state index in [9.17, 15) is 0 Å². The second-order valence-corrected chi connectivity index (χ2v) is 2.68. The van der Waals surface area contributed by atoms with Crippen molar-refractivity contribution < 1.29 is 0 Å². The molecule has 0 radical (unpaired) electrons. The predicted octanol–water partition coefficient (Wildman–Crippen LogP) is -0.250. The molecule has 6 nitrogen and oxygen atoms in total. The number of nitrogen functional groups attached to an aromatic ring is 2. The molecule has 0 unspecified atom stereocenters. The summed E-state index contributed by atoms with van der Waals surface area (Å²) in [5.41, 5.74) is 11.1. The van der Waals surface area contributed by atoms with E-state index in [0.29, 0.717) is 18.3 Å². The largest absolute Gasteiger partial charge is 0.384 e. The van der Waals surface area contributed by atoms with Crippen molar-refractivity contribution >= 4 is 11.6 Å². The van der Waals surface area contributed by atoms with Crippen LogP contribution >= 0.6 is 0 Å². The molecule has 13 heavy (non-hydrogen) atoms. The SMILES string of the molecule is Nc1ccn(Cn2nccc2N)n1. The van der Waals surface area contributed by atoms with Crippen molar-refractivity contribution in [2.75, 3.05) is 11.5 Å². The third kappa shape index (κ3) is 1.46. The van der Waals surface area contributed by atoms with Crippen LogP contribution in [0.2, 0.25) is 0 Å². The Hall–Kier alpha value is -1.98. The lowest BCUT2D eigenvalue weighted by Gasteiger charge is -2.03. The van der Waals surface area contributed by atoms with Crippen molar-refractivity contribution in [1.82, 2.24) is 19.6 Å². The second-order valence-electron chi connectivity index (χ2n) is 2.68. The van der Waals surface area contributed by atoms with Gasteiger partial charge in [-0.2, -0.15) is 10.2 Å². The van der Waals surface area contributed by atoms with Gasteiger partial charge in [-0.3, -0.25) is 0 Å². The number of nitrogens with two attached hydrogens (primary N) is 2. The van der Waals surface area contributed by atoms with Gasteiger partial charge in [0.05, 0.1) is 6.20 Å². The fourth-order valence-corrected chi connectivity index (χ4v) is 1.05. The maximum Gasteiger partial charge on any atom is 0.145 e. The lowest BCUT2D eigenvalue weighted by molar-refractivity contribution is 0.510. The van der Waals surface area contributed by atoms with Gasteiger partial charge in [0.1, 0.15) is 18.3 Å². The Kier molecular flexibility index (Phi) is 1.66. The Morgan fingerprint density at radius 3 is 2.69 bits per heavy atom. The molecule has 6 heteroatoms. The van der Waals surface area contributed by atoms with Crippen molar-refractivity contribution in [2.45, 2.75) is 6.67 Å². The molecule has 2 aromatic heterocycles. The van der Waals surface area contributed by atoms with Gasteiger partial charge in [0, 0.05) is 18.3 Å². The molecule has 0 aromatic carbocycles. The molecule has 0 saturated heterocycles. The highest BCUT2D eigenvalue weighted by atomic mass is 15.4. The standard InChI is InChI=1S/C7H10N6/c8-6-2-4-12(11-6)5-13-7(9)1-3-10-13/h1-4H,5,9H2,(H2,8,11). The van der Waals surface area contributed by atoms with Crippen LogP contribution in [0, 0.1) is 0 Å². The normalized spacial score (nSPS) is 10.5. The van der Waals surface area contributed by atoms with Crippen molar-refractivity contribution in [2.24, 2.45) is 0 Å². The van der Waals surface area contributed by atoms with E-state index < -0.39 is 0 Å². The van der Waals surface area contributed by atoms with E-state index in [2.05, 4.69) is 10.2 Å². The van der Waals surface area contributed by atoms with E-state index in [1.807, 2.05) is 0 Å². The first-order chi connectivity index (χ1) is 6.25. The zero-order chi connectivity index (χ0) is 9.26. The van der Waals surface area contributed by atoms with Gasteiger partial charge in [-0.15, -0.1) is 0 Å². The molecule has 4 N–H and O–H groups in total. The van der Waals surface area contributed by atoms with Crippen LogP contribution in [0.15, 0.2) is 24.5 Å². The molecular formula is C7H10N6. The molecule has 0 aliphatic carbocycles. The van der Waals surface area contributed by atoms with Gasteiger partial charge in [-0.05, 0) is 0 Å². The van der Waals surface area contributed by atoms with Gasteiger partial charge in [0.15, 0.2) is 0 Å². The van der Waals surface area contributed by atoms with E-state index in [1.54, 1.807) is 33.9 Å². The number of hydrogen-bond acceptors (Lipinski definition) is 4. The molecule has 0 aliphatic heterocycles. The summed E-state index contributed by atoms with van der Waals surface area (Å²) in [5, 5.41) is 8.02. The van der Waals surface area contributed by atoms with Crippen molar-refractivity contribution in [3.63, 3.8) is 0 Å². The number of hydrogen-bond donors (Lipinski definition) is 2. The first kappa shape index (κ1) is 7.66. The second kappa shape index (κ2) is 2.81. The van der Waals surface area contributed by atoms with E-state index >= 15 is 0 Å². The van der Waals surface area contributed by atoms with Crippen molar-refractivity contribution in [1.29, 1.82) is 0 Å². The molecule has 0 atom stereocenters. The Balaban J connectivity index is 2.19. The highest BCUT2D eigenvalue weighted by Crippen LogP contribution is 2.01. The van der Waals surface area contributed by atoms with E-state index in [1.165, 1.54) is 0 Å². The van der Waals surface area contributed by atoms with Crippen LogP contribution in [0.3, 0.4) is 0 Å². The molecule has 0 fully saturated rings. The summed E-state index contributed by atoms with van der Waals surface area (Å²) in [5.74, 6) is 1.10. The van der Waals surface area contributed by atoms with Gasteiger partial charge >= 0.3 is 0 Å². The maximum absolute atomic E-state index is 5.62. The minimum absolute atomic E-state index is 0.482. The lowest BCUT2D eigenvalue weighted by atomic mass is 10.6. The van der Waals surface area contributed by atoms with Crippen molar-refractivity contribution in [3.8, 4) is 0 Å². The summed E-state index contributed by atoms with van der Waals surface area (Å²) in [4.78, 5) is 0. The van der Waals surface area contributed by atoms with Gasteiger partial charge in [0.2, 0.25) is 0 Å². The fraction of sp³-hybridized carbons (Fsp3) is 0.143. The van der Waals surface area contributed by atoms with Crippen LogP contribution in [0.25, 0.3) is 0 Å². The predicted molar refractivity (Wildman–Crippen MR) is 48.7 cm³/mol. The quantitative estimate of drug-likeness (QED) is 0.663. The maximum atomic E-state index is 5.62. The third-order valence-corrected chi connectivity index (χ3v) is 1.69. The zero-order valence-electron chi connectivity index (χ0n) is 6.96. The Morgan fingerprint density at radius 2 is 2.15 bits per heavy atom. The van der Waals surface area contributed by atoms with Gasteiger partial charge in [0.25, 0.3) is 0 Å². The summed E-state index contributed by atoms with van der Waals surface area (Å²) in [6.07, 6.45) is 3.42. The number of aromatic nitrogens is 4. The topological polar surface area (TPSA) is 87.7 Å². The number of rotatable bonds is 2. The van der Waals surface area contributed by atoms with Crippen LogP contribution in [0.4, 0.5) is 11.6 Å². The van der Waals surface area contributed by atoms with Crippen LogP contribution in [-0.4, -0.2) is 19.6 Å². The first-order valence-corrected chi connectivity index (χ1v) is 3.82. The van der Waals surface area contributed by atoms with Crippen molar-refractivity contribution in [3.05, 3.63) is 24.5 Å². The van der Waals surface area contributed by atoms with E-state index in [-0.39, 0.29) is 0 Å². The van der Waals surface area contributed by atoms with Gasteiger partial charge < -0.3 is 11.5 Å². The Bertz CT molecular complexity index is 401. The molecule has 0 saturated carbocycles. The average Bonchev–Trinajstić information content (AvgIpc) is 2.64. The minimum atomic E-state index is 0.482. The number of nitrogens with zero attached hydrogens (tertiary/aromatic N) is 4. The summed E-state index contributed by atoms with van der Waals surface area (Å²) >= 11 is 0. The fourth-order valence-electron chi connectivity index (χ4n) is 1.05. The number of anilines is 2. The molecule has 2 heterocycles. The van der Waals surface area contributed by atoms with Crippen LogP contribution in [-0.2, 0) is 6.67 Å². The monoisotopic (exact) mass is 178 g/mol.